The summed E-state index contributed by atoms with van der Waals surface area (Å²) in [6.07, 6.45) is 2.42. The molecule has 2 aromatic carbocycles. The van der Waals surface area contributed by atoms with Gasteiger partial charge in [-0.2, -0.15) is 0 Å². The summed E-state index contributed by atoms with van der Waals surface area (Å²) in [5.41, 5.74) is 2.83. The minimum atomic E-state index is -0.326. The number of piperidine rings is 1. The molecule has 2 unspecified atom stereocenters. The number of nitrogens with one attached hydrogen (secondary N) is 1. The number of hydrogen-bond donors (Lipinski definition) is 1. The lowest BCUT2D eigenvalue weighted by atomic mass is 9.88. The van der Waals surface area contributed by atoms with Crippen molar-refractivity contribution in [3.63, 3.8) is 0 Å². The van der Waals surface area contributed by atoms with E-state index in [-0.39, 0.29) is 36.1 Å². The van der Waals surface area contributed by atoms with Gasteiger partial charge in [-0.1, -0.05) is 49.4 Å². The van der Waals surface area contributed by atoms with E-state index in [9.17, 15) is 14.0 Å². The Balaban J connectivity index is 1.65. The molecule has 2 atom stereocenters. The van der Waals surface area contributed by atoms with E-state index in [2.05, 4.69) is 36.5 Å². The molecule has 0 radical (unpaired) electrons. The average molecular weight is 382 g/mol. The van der Waals surface area contributed by atoms with E-state index in [1.165, 1.54) is 11.6 Å². The van der Waals surface area contributed by atoms with Crippen molar-refractivity contribution in [3.8, 4) is 0 Å². The van der Waals surface area contributed by atoms with Crippen LogP contribution in [0.25, 0.3) is 0 Å². The third kappa shape index (κ3) is 4.58. The second-order valence-electron chi connectivity index (χ2n) is 7.37. The quantitative estimate of drug-likeness (QED) is 0.850. The molecule has 0 spiro atoms. The first-order valence-corrected chi connectivity index (χ1v) is 9.86. The SMILES string of the molecule is CCc1ccc(C2CCC(C(=O)NCc3ccccc3F)CN2C(C)=O)cc1. The third-order valence-electron chi connectivity index (χ3n) is 5.54. The summed E-state index contributed by atoms with van der Waals surface area (Å²) in [6.45, 7) is 4.21. The summed E-state index contributed by atoms with van der Waals surface area (Å²) in [6, 6.07) is 14.8. The van der Waals surface area contributed by atoms with Crippen LogP contribution in [-0.2, 0) is 22.6 Å². The molecule has 148 valence electrons. The Morgan fingerprint density at radius 1 is 1.11 bits per heavy atom. The summed E-state index contributed by atoms with van der Waals surface area (Å²) >= 11 is 0. The van der Waals surface area contributed by atoms with Gasteiger partial charge >= 0.3 is 0 Å². The van der Waals surface area contributed by atoms with Gasteiger partial charge in [0.05, 0.1) is 12.0 Å². The van der Waals surface area contributed by atoms with E-state index in [4.69, 9.17) is 0 Å². The minimum Gasteiger partial charge on any atom is -0.352 e. The number of carbonyl (C=O) groups excluding carboxylic acids is 2. The van der Waals surface area contributed by atoms with Crippen molar-refractivity contribution in [1.82, 2.24) is 10.2 Å². The lowest BCUT2D eigenvalue weighted by molar-refractivity contribution is -0.137. The van der Waals surface area contributed by atoms with E-state index in [1.807, 2.05) is 0 Å². The largest absolute Gasteiger partial charge is 0.352 e. The number of benzene rings is 2. The molecule has 0 bridgehead atoms. The van der Waals surface area contributed by atoms with Crippen molar-refractivity contribution < 1.29 is 14.0 Å². The molecule has 1 aliphatic heterocycles. The zero-order valence-electron chi connectivity index (χ0n) is 16.5. The van der Waals surface area contributed by atoms with Gasteiger partial charge in [-0.3, -0.25) is 9.59 Å². The zero-order chi connectivity index (χ0) is 20.1. The number of nitrogens with zero attached hydrogens (tertiary/aromatic N) is 1. The van der Waals surface area contributed by atoms with Crippen LogP contribution < -0.4 is 5.32 Å². The van der Waals surface area contributed by atoms with Crippen LogP contribution in [0.2, 0.25) is 0 Å². The van der Waals surface area contributed by atoms with Gasteiger partial charge in [-0.15, -0.1) is 0 Å². The molecule has 0 aromatic heterocycles. The summed E-state index contributed by atoms with van der Waals surface area (Å²) in [7, 11) is 0. The van der Waals surface area contributed by atoms with Gasteiger partial charge in [0.25, 0.3) is 0 Å². The number of aryl methyl sites for hydroxylation is 1. The Hall–Kier alpha value is -2.69. The van der Waals surface area contributed by atoms with Gasteiger partial charge in [0, 0.05) is 25.6 Å². The van der Waals surface area contributed by atoms with Crippen molar-refractivity contribution in [2.45, 2.75) is 45.7 Å². The van der Waals surface area contributed by atoms with Crippen LogP contribution in [0.5, 0.6) is 0 Å². The maximum Gasteiger partial charge on any atom is 0.225 e. The first kappa shape index (κ1) is 20.1. The zero-order valence-corrected chi connectivity index (χ0v) is 16.5. The molecular formula is C23H27FN2O2. The molecule has 4 nitrogen and oxygen atoms in total. The van der Waals surface area contributed by atoms with Crippen LogP contribution >= 0.6 is 0 Å². The standard InChI is InChI=1S/C23H27FN2O2/c1-3-17-8-10-18(11-9-17)22-13-12-20(15-26(22)16(2)27)23(28)25-14-19-6-4-5-7-21(19)24/h4-11,20,22H,3,12-15H2,1-2H3,(H,25,28). The molecule has 2 aromatic rings. The van der Waals surface area contributed by atoms with E-state index in [0.717, 1.165) is 18.4 Å². The van der Waals surface area contributed by atoms with Crippen molar-refractivity contribution in [1.29, 1.82) is 0 Å². The second-order valence-corrected chi connectivity index (χ2v) is 7.37. The van der Waals surface area contributed by atoms with Gasteiger partial charge in [0.2, 0.25) is 11.8 Å². The topological polar surface area (TPSA) is 49.4 Å². The van der Waals surface area contributed by atoms with Crippen LogP contribution in [0.3, 0.4) is 0 Å². The molecular weight excluding hydrogens is 355 g/mol. The summed E-state index contributed by atoms with van der Waals surface area (Å²) in [5, 5.41) is 2.82. The van der Waals surface area contributed by atoms with E-state index in [0.29, 0.717) is 18.5 Å². The van der Waals surface area contributed by atoms with Crippen LogP contribution in [-0.4, -0.2) is 23.3 Å². The average Bonchev–Trinajstić information content (AvgIpc) is 2.72. The van der Waals surface area contributed by atoms with Crippen LogP contribution in [0.4, 0.5) is 4.39 Å². The lowest BCUT2D eigenvalue weighted by Gasteiger charge is -2.39. The summed E-state index contributed by atoms with van der Waals surface area (Å²) < 4.78 is 13.7. The highest BCUT2D eigenvalue weighted by molar-refractivity contribution is 5.81. The summed E-state index contributed by atoms with van der Waals surface area (Å²) in [4.78, 5) is 26.6. The molecule has 1 saturated heterocycles. The Labute approximate surface area is 165 Å². The molecule has 0 aliphatic carbocycles. The van der Waals surface area contributed by atoms with E-state index in [1.54, 1.807) is 30.0 Å². The highest BCUT2D eigenvalue weighted by atomic mass is 19.1. The third-order valence-corrected chi connectivity index (χ3v) is 5.54. The molecule has 1 heterocycles. The fourth-order valence-corrected chi connectivity index (χ4v) is 3.82. The molecule has 3 rings (SSSR count). The van der Waals surface area contributed by atoms with Gasteiger partial charge in [-0.05, 0) is 36.5 Å². The smallest absolute Gasteiger partial charge is 0.225 e. The van der Waals surface area contributed by atoms with Gasteiger partial charge < -0.3 is 10.2 Å². The maximum atomic E-state index is 13.7. The predicted molar refractivity (Wildman–Crippen MR) is 107 cm³/mol. The van der Waals surface area contributed by atoms with Crippen molar-refractivity contribution in [2.75, 3.05) is 6.54 Å². The number of likely N-dealkylation sites (tertiary alicyclic amines) is 1. The monoisotopic (exact) mass is 382 g/mol. The van der Waals surface area contributed by atoms with Crippen LogP contribution in [0.1, 0.15) is 49.4 Å². The minimum absolute atomic E-state index is 0.000904. The van der Waals surface area contributed by atoms with E-state index < -0.39 is 0 Å². The van der Waals surface area contributed by atoms with Gasteiger partial charge in [-0.25, -0.2) is 4.39 Å². The highest BCUT2D eigenvalue weighted by Crippen LogP contribution is 2.33. The molecule has 2 amide bonds. The van der Waals surface area contributed by atoms with Crippen molar-refractivity contribution >= 4 is 11.8 Å². The number of carbonyl (C=O) groups is 2. The van der Waals surface area contributed by atoms with Crippen LogP contribution in [0.15, 0.2) is 48.5 Å². The first-order valence-electron chi connectivity index (χ1n) is 9.86. The maximum absolute atomic E-state index is 13.7. The van der Waals surface area contributed by atoms with E-state index >= 15 is 0 Å². The number of rotatable bonds is 5. The fourth-order valence-electron chi connectivity index (χ4n) is 3.82. The molecule has 1 fully saturated rings. The number of halogens is 1. The normalized spacial score (nSPS) is 19.3. The van der Waals surface area contributed by atoms with Crippen molar-refractivity contribution in [3.05, 3.63) is 71.0 Å². The molecule has 28 heavy (non-hydrogen) atoms. The first-order chi connectivity index (χ1) is 13.5. The Kier molecular flexibility index (Phi) is 6.45. The molecule has 0 saturated carbocycles. The lowest BCUT2D eigenvalue weighted by Crippen LogP contribution is -2.46. The molecule has 5 heteroatoms. The van der Waals surface area contributed by atoms with Gasteiger partial charge in [0.15, 0.2) is 0 Å². The van der Waals surface area contributed by atoms with Crippen LogP contribution in [0, 0.1) is 11.7 Å². The summed E-state index contributed by atoms with van der Waals surface area (Å²) in [5.74, 6) is -0.764. The van der Waals surface area contributed by atoms with Crippen molar-refractivity contribution in [2.24, 2.45) is 5.92 Å². The Morgan fingerprint density at radius 3 is 2.46 bits per heavy atom. The second kappa shape index (κ2) is 9.00. The predicted octanol–water partition coefficient (Wildman–Crippen LogP) is 4.00. The Bertz CT molecular complexity index is 835. The Morgan fingerprint density at radius 2 is 1.82 bits per heavy atom. The van der Waals surface area contributed by atoms with Gasteiger partial charge in [0.1, 0.15) is 5.82 Å². The molecule has 1 aliphatic rings. The number of amides is 2. The fraction of sp³-hybridized carbons (Fsp3) is 0.391. The molecule has 1 N–H and O–H groups in total. The number of hydrogen-bond acceptors (Lipinski definition) is 2. The highest BCUT2D eigenvalue weighted by Gasteiger charge is 2.34.